The van der Waals surface area contributed by atoms with Crippen LogP contribution in [0.25, 0.3) is 0 Å². The van der Waals surface area contributed by atoms with Crippen LogP contribution < -0.4 is 0 Å². The third-order valence-corrected chi connectivity index (χ3v) is 3.91. The predicted molar refractivity (Wildman–Crippen MR) is 68.8 cm³/mol. The maximum atomic E-state index is 6.41. The molecule has 0 nitrogen and oxygen atoms in total. The molecule has 0 bridgehead atoms. The molecule has 2 unspecified atom stereocenters. The van der Waals surface area contributed by atoms with Crippen LogP contribution >= 0.6 is 11.6 Å². The monoisotopic (exact) mass is 224 g/mol. The van der Waals surface area contributed by atoms with E-state index in [9.17, 15) is 0 Å². The zero-order valence-electron chi connectivity index (χ0n) is 10.3. The Morgan fingerprint density at radius 1 is 1.07 bits per heavy atom. The standard InChI is InChI=1S/C14H21Cl/c1-9(2)14(15)12(5)13-7-6-10(3)8-11(13)4/h6-9,12,14H,1-5H3. The Balaban J connectivity index is 2.96. The molecule has 15 heavy (non-hydrogen) atoms. The van der Waals surface area contributed by atoms with Crippen molar-refractivity contribution in [2.24, 2.45) is 5.92 Å². The Bertz CT molecular complexity index is 328. The van der Waals surface area contributed by atoms with Crippen molar-refractivity contribution in [1.82, 2.24) is 0 Å². The highest BCUT2D eigenvalue weighted by molar-refractivity contribution is 6.21. The molecule has 0 radical (unpaired) electrons. The van der Waals surface area contributed by atoms with E-state index in [1.165, 1.54) is 16.7 Å². The molecule has 0 heterocycles. The van der Waals surface area contributed by atoms with Crippen LogP contribution in [0.15, 0.2) is 18.2 Å². The molecule has 0 aliphatic heterocycles. The third kappa shape index (κ3) is 2.98. The van der Waals surface area contributed by atoms with E-state index in [2.05, 4.69) is 52.8 Å². The van der Waals surface area contributed by atoms with Crippen molar-refractivity contribution in [1.29, 1.82) is 0 Å². The van der Waals surface area contributed by atoms with E-state index in [0.717, 1.165) is 0 Å². The summed E-state index contributed by atoms with van der Waals surface area (Å²) in [6.45, 7) is 10.9. The quantitative estimate of drug-likeness (QED) is 0.655. The fourth-order valence-electron chi connectivity index (χ4n) is 2.09. The molecule has 0 saturated heterocycles. The molecule has 0 N–H and O–H groups in total. The van der Waals surface area contributed by atoms with Gasteiger partial charge in [-0.3, -0.25) is 0 Å². The van der Waals surface area contributed by atoms with Crippen LogP contribution in [0.3, 0.4) is 0 Å². The molecule has 84 valence electrons. The van der Waals surface area contributed by atoms with Gasteiger partial charge in [-0.15, -0.1) is 11.6 Å². The Morgan fingerprint density at radius 3 is 2.13 bits per heavy atom. The van der Waals surface area contributed by atoms with Gasteiger partial charge in [-0.2, -0.15) is 0 Å². The van der Waals surface area contributed by atoms with Crippen LogP contribution in [0.1, 0.15) is 43.4 Å². The normalized spacial score (nSPS) is 15.4. The summed E-state index contributed by atoms with van der Waals surface area (Å²) in [7, 11) is 0. The average Bonchev–Trinajstić information content (AvgIpc) is 2.15. The van der Waals surface area contributed by atoms with Gasteiger partial charge in [-0.25, -0.2) is 0 Å². The van der Waals surface area contributed by atoms with Gasteiger partial charge in [-0.1, -0.05) is 44.5 Å². The molecule has 2 atom stereocenters. The zero-order valence-corrected chi connectivity index (χ0v) is 11.1. The van der Waals surface area contributed by atoms with Crippen molar-refractivity contribution in [3.8, 4) is 0 Å². The van der Waals surface area contributed by atoms with E-state index in [1.807, 2.05) is 0 Å². The van der Waals surface area contributed by atoms with Gasteiger partial charge in [0, 0.05) is 5.38 Å². The minimum absolute atomic E-state index is 0.214. The van der Waals surface area contributed by atoms with Gasteiger partial charge in [0.05, 0.1) is 0 Å². The van der Waals surface area contributed by atoms with E-state index in [0.29, 0.717) is 11.8 Å². The van der Waals surface area contributed by atoms with Crippen molar-refractivity contribution in [2.75, 3.05) is 0 Å². The van der Waals surface area contributed by atoms with Crippen molar-refractivity contribution in [2.45, 2.75) is 45.9 Å². The maximum absolute atomic E-state index is 6.41. The van der Waals surface area contributed by atoms with E-state index >= 15 is 0 Å². The lowest BCUT2D eigenvalue weighted by atomic mass is 9.88. The Morgan fingerprint density at radius 2 is 1.67 bits per heavy atom. The first-order valence-electron chi connectivity index (χ1n) is 5.64. The highest BCUT2D eigenvalue weighted by Crippen LogP contribution is 2.30. The van der Waals surface area contributed by atoms with Gasteiger partial charge in [0.25, 0.3) is 0 Å². The van der Waals surface area contributed by atoms with Crippen LogP contribution in [0, 0.1) is 19.8 Å². The molecule has 0 spiro atoms. The first kappa shape index (κ1) is 12.6. The van der Waals surface area contributed by atoms with Crippen LogP contribution in [0.2, 0.25) is 0 Å². The second kappa shape index (κ2) is 5.03. The van der Waals surface area contributed by atoms with Crippen LogP contribution in [0.4, 0.5) is 0 Å². The number of hydrogen-bond acceptors (Lipinski definition) is 0. The van der Waals surface area contributed by atoms with Gasteiger partial charge in [0.2, 0.25) is 0 Å². The van der Waals surface area contributed by atoms with Crippen molar-refractivity contribution in [3.05, 3.63) is 34.9 Å². The number of aryl methyl sites for hydroxylation is 2. The summed E-state index contributed by atoms with van der Waals surface area (Å²) in [6.07, 6.45) is 0. The summed E-state index contributed by atoms with van der Waals surface area (Å²) in [5, 5.41) is 0.214. The molecule has 1 aromatic rings. The first-order chi connectivity index (χ1) is 6.93. The number of alkyl halides is 1. The van der Waals surface area contributed by atoms with Crippen molar-refractivity contribution in [3.63, 3.8) is 0 Å². The molecular formula is C14H21Cl. The highest BCUT2D eigenvalue weighted by Gasteiger charge is 2.20. The molecule has 0 aliphatic carbocycles. The minimum Gasteiger partial charge on any atom is -0.122 e. The second-order valence-corrected chi connectivity index (χ2v) is 5.34. The van der Waals surface area contributed by atoms with E-state index < -0.39 is 0 Å². The number of benzene rings is 1. The topological polar surface area (TPSA) is 0 Å². The van der Waals surface area contributed by atoms with E-state index in [1.54, 1.807) is 0 Å². The summed E-state index contributed by atoms with van der Waals surface area (Å²) < 4.78 is 0. The fourth-order valence-corrected chi connectivity index (χ4v) is 2.22. The molecule has 1 rings (SSSR count). The van der Waals surface area contributed by atoms with Gasteiger partial charge in [0.1, 0.15) is 0 Å². The number of rotatable bonds is 3. The van der Waals surface area contributed by atoms with Gasteiger partial charge < -0.3 is 0 Å². The largest absolute Gasteiger partial charge is 0.122 e. The highest BCUT2D eigenvalue weighted by atomic mass is 35.5. The molecule has 0 amide bonds. The molecule has 1 aromatic carbocycles. The van der Waals surface area contributed by atoms with E-state index in [-0.39, 0.29) is 5.38 Å². The smallest absolute Gasteiger partial charge is 0.0424 e. The lowest BCUT2D eigenvalue weighted by Crippen LogP contribution is -2.17. The predicted octanol–water partition coefficient (Wildman–Crippen LogP) is 4.67. The van der Waals surface area contributed by atoms with Crippen molar-refractivity contribution < 1.29 is 0 Å². The summed E-state index contributed by atoms with van der Waals surface area (Å²) in [4.78, 5) is 0. The second-order valence-electron chi connectivity index (χ2n) is 4.84. The first-order valence-corrected chi connectivity index (χ1v) is 6.08. The molecule has 0 aliphatic rings. The minimum atomic E-state index is 0.214. The third-order valence-electron chi connectivity index (χ3n) is 3.03. The SMILES string of the molecule is Cc1ccc(C(C)C(Cl)C(C)C)c(C)c1. The fraction of sp³-hybridized carbons (Fsp3) is 0.571. The van der Waals surface area contributed by atoms with E-state index in [4.69, 9.17) is 11.6 Å². The summed E-state index contributed by atoms with van der Waals surface area (Å²) in [6, 6.07) is 6.62. The van der Waals surface area contributed by atoms with Gasteiger partial charge in [-0.05, 0) is 36.8 Å². The molecule has 0 fully saturated rings. The summed E-state index contributed by atoms with van der Waals surface area (Å²) in [5.74, 6) is 0.939. The van der Waals surface area contributed by atoms with Crippen LogP contribution in [-0.4, -0.2) is 5.38 Å². The number of halogens is 1. The lowest BCUT2D eigenvalue weighted by molar-refractivity contribution is 0.532. The molecule has 1 heteroatoms. The van der Waals surface area contributed by atoms with Crippen LogP contribution in [-0.2, 0) is 0 Å². The summed E-state index contributed by atoms with van der Waals surface area (Å²) in [5.41, 5.74) is 4.06. The molecule has 0 aromatic heterocycles. The Hall–Kier alpha value is -0.490. The molecular weight excluding hydrogens is 204 g/mol. The van der Waals surface area contributed by atoms with Crippen molar-refractivity contribution >= 4 is 11.6 Å². The lowest BCUT2D eigenvalue weighted by Gasteiger charge is -2.23. The van der Waals surface area contributed by atoms with Gasteiger partial charge >= 0.3 is 0 Å². The van der Waals surface area contributed by atoms with Crippen LogP contribution in [0.5, 0.6) is 0 Å². The maximum Gasteiger partial charge on any atom is 0.0424 e. The number of hydrogen-bond donors (Lipinski definition) is 0. The van der Waals surface area contributed by atoms with Gasteiger partial charge in [0.15, 0.2) is 0 Å². The molecule has 0 saturated carbocycles. The average molecular weight is 225 g/mol. The Labute approximate surface area is 98.7 Å². The zero-order chi connectivity index (χ0) is 11.6. The summed E-state index contributed by atoms with van der Waals surface area (Å²) >= 11 is 6.41. The Kier molecular flexibility index (Phi) is 4.21.